The summed E-state index contributed by atoms with van der Waals surface area (Å²) in [4.78, 5) is 2.92. The molecule has 4 fully saturated rings. The van der Waals surface area contributed by atoms with Crippen LogP contribution in [0.15, 0.2) is 29.2 Å². The van der Waals surface area contributed by atoms with Crippen molar-refractivity contribution in [2.24, 2.45) is 0 Å². The van der Waals surface area contributed by atoms with E-state index in [1.807, 2.05) is 6.92 Å². The van der Waals surface area contributed by atoms with Gasteiger partial charge in [-0.25, -0.2) is 8.42 Å². The monoisotopic (exact) mass is 634 g/mol. The van der Waals surface area contributed by atoms with Crippen LogP contribution in [0, 0.1) is 11.8 Å². The van der Waals surface area contributed by atoms with Crippen molar-refractivity contribution < 1.29 is 17.9 Å². The third-order valence-corrected chi connectivity index (χ3v) is 10.6. The van der Waals surface area contributed by atoms with Gasteiger partial charge < -0.3 is 24.7 Å². The van der Waals surface area contributed by atoms with E-state index in [1.165, 1.54) is 54.6 Å². The summed E-state index contributed by atoms with van der Waals surface area (Å²) in [7, 11) is 5.63. The smallest absolute Gasteiger partial charge is 0.175 e. The Balaban J connectivity index is 1.16. The molecule has 1 saturated carbocycles. The highest BCUT2D eigenvalue weighted by Gasteiger charge is 2.41. The molecule has 8 nitrogen and oxygen atoms in total. The standard InChI is InChI=1S/C33H44BN4O4PS/c1-3-41-32-18-27(44(2,39)40)13-14-30(32)35-15-5-6-24-16-28-29(7-4-8-31(28)38(24)21-33(34)43)36-22-9-11-23(12-10-22)37-19-25-17-26(20-37)42-25/h8,13-14,16,18,22-23,25-26,33,35-36H,3-4,7,9-12,15,17,19-21,43H2,1-2H3. The van der Waals surface area contributed by atoms with Crippen molar-refractivity contribution in [1.82, 2.24) is 14.8 Å². The normalized spacial score (nSPS) is 25.5. The van der Waals surface area contributed by atoms with Gasteiger partial charge in [-0.1, -0.05) is 12.0 Å². The van der Waals surface area contributed by atoms with Crippen molar-refractivity contribution in [3.8, 4) is 17.6 Å². The molecule has 44 heavy (non-hydrogen) atoms. The molecule has 2 N–H and O–H groups in total. The zero-order valence-electron chi connectivity index (χ0n) is 25.8. The van der Waals surface area contributed by atoms with E-state index in [4.69, 9.17) is 17.3 Å². The maximum absolute atomic E-state index is 12.0. The number of sulfone groups is 1. The minimum absolute atomic E-state index is 0.0828. The molecule has 2 bridgehead atoms. The van der Waals surface area contributed by atoms with E-state index in [0.29, 0.717) is 55.4 Å². The molecule has 3 saturated heterocycles. The van der Waals surface area contributed by atoms with Gasteiger partial charge in [0.15, 0.2) is 9.84 Å². The maximum Gasteiger partial charge on any atom is 0.175 e. The van der Waals surface area contributed by atoms with E-state index >= 15 is 0 Å². The fourth-order valence-electron chi connectivity index (χ4n) is 7.12. The number of hydrogen-bond donors (Lipinski definition) is 2. The van der Waals surface area contributed by atoms with Crippen LogP contribution < -0.4 is 25.9 Å². The zero-order chi connectivity index (χ0) is 30.8. The number of aromatic nitrogens is 1. The predicted octanol–water partition coefficient (Wildman–Crippen LogP) is 2.18. The van der Waals surface area contributed by atoms with Crippen LogP contribution >= 0.6 is 9.24 Å². The summed E-state index contributed by atoms with van der Waals surface area (Å²) >= 11 is 0. The first-order valence-corrected chi connectivity index (χ1v) is 18.5. The summed E-state index contributed by atoms with van der Waals surface area (Å²) in [5.74, 6) is 7.14. The average Bonchev–Trinajstić information content (AvgIpc) is 3.33. The van der Waals surface area contributed by atoms with Crippen LogP contribution in [0.25, 0.3) is 11.8 Å². The molecule has 4 heterocycles. The first-order chi connectivity index (χ1) is 21.2. The number of ether oxygens (including phenoxy) is 2. The van der Waals surface area contributed by atoms with E-state index in [1.54, 1.807) is 18.2 Å². The Morgan fingerprint density at radius 3 is 2.61 bits per heavy atom. The van der Waals surface area contributed by atoms with Crippen LogP contribution in [0.4, 0.5) is 5.69 Å². The van der Waals surface area contributed by atoms with Gasteiger partial charge in [-0.3, -0.25) is 4.90 Å². The van der Waals surface area contributed by atoms with E-state index in [9.17, 15) is 8.42 Å². The van der Waals surface area contributed by atoms with Gasteiger partial charge in [-0.05, 0) is 75.1 Å². The van der Waals surface area contributed by atoms with Crippen LogP contribution in [-0.2, 0) is 21.1 Å². The number of fused-ring (bicyclic) bond motifs is 3. The lowest BCUT2D eigenvalue weighted by molar-refractivity contribution is -0.189. The van der Waals surface area contributed by atoms with Gasteiger partial charge >= 0.3 is 0 Å². The zero-order valence-corrected chi connectivity index (χ0v) is 27.8. The van der Waals surface area contributed by atoms with E-state index in [-0.39, 0.29) is 10.5 Å². The largest absolute Gasteiger partial charge is 0.492 e. The molecule has 7 rings (SSSR count). The molecule has 234 valence electrons. The number of anilines is 1. The van der Waals surface area contributed by atoms with Gasteiger partial charge in [0.05, 0.1) is 49.5 Å². The molecule has 11 heteroatoms. The molecule has 2 aliphatic carbocycles. The predicted molar refractivity (Wildman–Crippen MR) is 180 cm³/mol. The van der Waals surface area contributed by atoms with Gasteiger partial charge in [0.1, 0.15) is 5.75 Å². The van der Waals surface area contributed by atoms with Gasteiger partial charge in [-0.2, -0.15) is 0 Å². The first-order valence-electron chi connectivity index (χ1n) is 16.0. The molecule has 1 aromatic heterocycles. The summed E-state index contributed by atoms with van der Waals surface area (Å²) in [5.41, 5.74) is 2.89. The Morgan fingerprint density at radius 1 is 1.18 bits per heavy atom. The minimum Gasteiger partial charge on any atom is -0.492 e. The fraction of sp³-hybridized carbons (Fsp3) is 0.576. The lowest BCUT2D eigenvalue weighted by Gasteiger charge is -2.50. The second kappa shape index (κ2) is 13.5. The summed E-state index contributed by atoms with van der Waals surface area (Å²) in [6.45, 7) is 5.58. The summed E-state index contributed by atoms with van der Waals surface area (Å²) in [5, 5.41) is 9.69. The Kier molecular flexibility index (Phi) is 9.68. The fourth-order valence-corrected chi connectivity index (χ4v) is 7.97. The highest BCUT2D eigenvalue weighted by molar-refractivity contribution is 7.90. The van der Waals surface area contributed by atoms with Gasteiger partial charge in [0.2, 0.25) is 0 Å². The number of piperidine rings is 1. The molecule has 1 aromatic carbocycles. The quantitative estimate of drug-likeness (QED) is 0.236. The minimum atomic E-state index is -3.33. The van der Waals surface area contributed by atoms with Crippen LogP contribution in [0.1, 0.15) is 57.6 Å². The molecule has 2 aromatic rings. The lowest BCUT2D eigenvalue weighted by atomic mass is 9.87. The van der Waals surface area contributed by atoms with E-state index in [0.717, 1.165) is 31.6 Å². The third kappa shape index (κ3) is 7.17. The molecule has 2 radical (unpaired) electrons. The van der Waals surface area contributed by atoms with Crippen molar-refractivity contribution in [2.45, 2.75) is 93.2 Å². The number of benzene rings is 1. The number of nitrogens with one attached hydrogen (secondary N) is 2. The Bertz CT molecular complexity index is 1640. The summed E-state index contributed by atoms with van der Waals surface area (Å²) in [6, 6.07) is 8.30. The van der Waals surface area contributed by atoms with Crippen molar-refractivity contribution in [3.63, 3.8) is 0 Å². The van der Waals surface area contributed by atoms with Crippen LogP contribution in [0.5, 0.6) is 5.75 Å². The van der Waals surface area contributed by atoms with Crippen LogP contribution in [0.3, 0.4) is 0 Å². The number of rotatable bonds is 10. The topological polar surface area (TPSA) is 84.8 Å². The SMILES string of the molecule is [B]C(P)Cn1c(C#CCNc2ccc(S(C)(=O)=O)cc2OCC)cc2c1=CCCC=2NC1CCC(N2CC3CC(C2)O3)CC1. The van der Waals surface area contributed by atoms with Gasteiger partial charge in [0, 0.05) is 66.7 Å². The van der Waals surface area contributed by atoms with Crippen molar-refractivity contribution >= 4 is 44.4 Å². The summed E-state index contributed by atoms with van der Waals surface area (Å²) in [6.07, 6.45) is 12.6. The number of nitrogens with zero attached hydrogens (tertiary/aromatic N) is 2. The van der Waals surface area contributed by atoms with Crippen molar-refractivity contribution in [1.29, 1.82) is 0 Å². The molecule has 0 amide bonds. The highest BCUT2D eigenvalue weighted by Crippen LogP contribution is 2.33. The summed E-state index contributed by atoms with van der Waals surface area (Å²) < 4.78 is 37.8. The Morgan fingerprint density at radius 2 is 1.93 bits per heavy atom. The van der Waals surface area contributed by atoms with E-state index < -0.39 is 9.84 Å². The van der Waals surface area contributed by atoms with Gasteiger partial charge in [0.25, 0.3) is 0 Å². The molecule has 0 spiro atoms. The Labute approximate surface area is 265 Å². The van der Waals surface area contributed by atoms with Crippen LogP contribution in [-0.4, -0.2) is 88.1 Å². The molecule has 4 atom stereocenters. The number of morpholine rings is 1. The highest BCUT2D eigenvalue weighted by atomic mass is 32.2. The molecule has 5 aliphatic rings. The van der Waals surface area contributed by atoms with Crippen molar-refractivity contribution in [2.75, 3.05) is 37.8 Å². The maximum atomic E-state index is 12.0. The third-order valence-electron chi connectivity index (χ3n) is 9.23. The van der Waals surface area contributed by atoms with E-state index in [2.05, 4.69) is 53.3 Å². The number of hydrogen-bond acceptors (Lipinski definition) is 7. The molecular weight excluding hydrogens is 590 g/mol. The first kappa shape index (κ1) is 31.5. The van der Waals surface area contributed by atoms with Gasteiger partial charge in [-0.15, -0.1) is 9.24 Å². The lowest BCUT2D eigenvalue weighted by Crippen LogP contribution is -2.60. The van der Waals surface area contributed by atoms with Crippen LogP contribution in [0.2, 0.25) is 0 Å². The molecule has 4 unspecified atom stereocenters. The average molecular weight is 635 g/mol. The second-order valence-electron chi connectivity index (χ2n) is 12.6. The molecular formula is C33H44BN4O4PS. The van der Waals surface area contributed by atoms with Crippen molar-refractivity contribution in [3.05, 3.63) is 40.5 Å². The Hall–Kier alpha value is -2.44. The molecule has 3 aliphatic heterocycles. The second-order valence-corrected chi connectivity index (χ2v) is 15.4.